The molecule has 0 bridgehead atoms. The lowest BCUT2D eigenvalue weighted by Crippen LogP contribution is -2.44. The highest BCUT2D eigenvalue weighted by Crippen LogP contribution is 2.26. The van der Waals surface area contributed by atoms with E-state index in [-0.39, 0.29) is 17.3 Å². The minimum Gasteiger partial charge on any atom is -0.477 e. The first-order valence-electron chi connectivity index (χ1n) is 7.00. The van der Waals surface area contributed by atoms with Crippen molar-refractivity contribution in [3.8, 4) is 5.75 Å². The smallest absolute Gasteiger partial charge is 0.406 e. The molecule has 0 spiro atoms. The van der Waals surface area contributed by atoms with Gasteiger partial charge in [-0.2, -0.15) is 13.2 Å². The normalized spacial score (nSPS) is 10.9. The molecule has 1 aromatic rings. The number of amides is 1. The van der Waals surface area contributed by atoms with Crippen molar-refractivity contribution < 1.29 is 37.2 Å². The zero-order chi connectivity index (χ0) is 19.0. The van der Waals surface area contributed by atoms with Gasteiger partial charge in [-0.3, -0.25) is 19.7 Å². The van der Waals surface area contributed by atoms with E-state index in [0.29, 0.717) is 0 Å². The lowest BCUT2D eigenvalue weighted by Gasteiger charge is -2.23. The van der Waals surface area contributed by atoms with Gasteiger partial charge in [-0.1, -0.05) is 12.1 Å². The van der Waals surface area contributed by atoms with Crippen LogP contribution in [0.5, 0.6) is 5.75 Å². The molecule has 0 atom stereocenters. The molecule has 0 aliphatic heterocycles. The predicted octanol–water partition coefficient (Wildman–Crippen LogP) is 1.93. The van der Waals surface area contributed by atoms with E-state index < -0.39 is 48.4 Å². The highest BCUT2D eigenvalue weighted by atomic mass is 19.4. The van der Waals surface area contributed by atoms with Crippen LogP contribution < -0.4 is 4.74 Å². The minimum atomic E-state index is -4.74. The number of nitro benzene ring substituents is 1. The van der Waals surface area contributed by atoms with E-state index in [4.69, 9.17) is 4.74 Å². The van der Waals surface area contributed by atoms with Crippen LogP contribution in [0, 0.1) is 10.1 Å². The van der Waals surface area contributed by atoms with Crippen molar-refractivity contribution in [2.24, 2.45) is 0 Å². The molecule has 0 heterocycles. The number of halogens is 3. The Hall–Kier alpha value is -2.85. The van der Waals surface area contributed by atoms with Crippen molar-refractivity contribution in [2.75, 3.05) is 26.3 Å². The zero-order valence-electron chi connectivity index (χ0n) is 13.1. The van der Waals surface area contributed by atoms with Crippen LogP contribution in [0.4, 0.5) is 18.9 Å². The summed E-state index contributed by atoms with van der Waals surface area (Å²) in [7, 11) is 0. The third kappa shape index (κ3) is 7.06. The number of benzene rings is 1. The predicted molar refractivity (Wildman–Crippen MR) is 77.9 cm³/mol. The van der Waals surface area contributed by atoms with Gasteiger partial charge in [0.2, 0.25) is 0 Å². The number of nitro groups is 1. The van der Waals surface area contributed by atoms with E-state index in [1.807, 2.05) is 0 Å². The van der Waals surface area contributed by atoms with Gasteiger partial charge < -0.3 is 14.4 Å². The van der Waals surface area contributed by atoms with E-state index in [1.54, 1.807) is 0 Å². The molecular weight excluding hydrogens is 349 g/mol. The van der Waals surface area contributed by atoms with Gasteiger partial charge in [0.1, 0.15) is 13.1 Å². The second-order valence-corrected chi connectivity index (χ2v) is 4.68. The standard InChI is InChI=1S/C14H15F3N2O6/c1-2-24-13(21)7-18(9-14(15,16)17)12(20)8-25-11-6-4-3-5-10(11)19(22)23/h3-6H,2,7-9H2,1H3. The lowest BCUT2D eigenvalue weighted by atomic mass is 10.3. The van der Waals surface area contributed by atoms with Crippen molar-refractivity contribution in [1.29, 1.82) is 0 Å². The second kappa shape index (κ2) is 8.85. The summed E-state index contributed by atoms with van der Waals surface area (Å²) in [6.45, 7) is -2.08. The fraction of sp³-hybridized carbons (Fsp3) is 0.429. The van der Waals surface area contributed by atoms with Gasteiger partial charge in [-0.05, 0) is 13.0 Å². The Morgan fingerprint density at radius 3 is 2.48 bits per heavy atom. The van der Waals surface area contributed by atoms with Crippen LogP contribution in [0.2, 0.25) is 0 Å². The molecule has 0 aliphatic rings. The average Bonchev–Trinajstić information content (AvgIpc) is 2.51. The molecule has 0 aliphatic carbocycles. The van der Waals surface area contributed by atoms with Gasteiger partial charge in [-0.15, -0.1) is 0 Å². The molecule has 0 unspecified atom stereocenters. The lowest BCUT2D eigenvalue weighted by molar-refractivity contribution is -0.385. The Labute approximate surface area is 140 Å². The summed E-state index contributed by atoms with van der Waals surface area (Å²) < 4.78 is 47.1. The summed E-state index contributed by atoms with van der Waals surface area (Å²) in [4.78, 5) is 33.6. The maximum atomic E-state index is 12.6. The highest BCUT2D eigenvalue weighted by molar-refractivity contribution is 5.83. The third-order valence-corrected chi connectivity index (χ3v) is 2.76. The number of hydrogen-bond donors (Lipinski definition) is 0. The van der Waals surface area contributed by atoms with Crippen LogP contribution in [0.25, 0.3) is 0 Å². The van der Waals surface area contributed by atoms with Crippen LogP contribution >= 0.6 is 0 Å². The summed E-state index contributed by atoms with van der Waals surface area (Å²) in [5, 5.41) is 10.8. The molecule has 0 fully saturated rings. The van der Waals surface area contributed by atoms with E-state index in [0.717, 1.165) is 6.07 Å². The fourth-order valence-electron chi connectivity index (χ4n) is 1.77. The maximum Gasteiger partial charge on any atom is 0.406 e. The molecule has 138 valence electrons. The summed E-state index contributed by atoms with van der Waals surface area (Å²) in [5.41, 5.74) is -0.442. The fourth-order valence-corrected chi connectivity index (χ4v) is 1.77. The Morgan fingerprint density at radius 1 is 1.28 bits per heavy atom. The number of carbonyl (C=O) groups is 2. The first-order chi connectivity index (χ1) is 11.6. The molecular formula is C14H15F3N2O6. The first-order valence-corrected chi connectivity index (χ1v) is 7.00. The highest BCUT2D eigenvalue weighted by Gasteiger charge is 2.34. The monoisotopic (exact) mass is 364 g/mol. The number of hydrogen-bond acceptors (Lipinski definition) is 6. The number of esters is 1. The molecule has 8 nitrogen and oxygen atoms in total. The number of ether oxygens (including phenoxy) is 2. The van der Waals surface area contributed by atoms with Crippen molar-refractivity contribution >= 4 is 17.6 Å². The van der Waals surface area contributed by atoms with Gasteiger partial charge in [0.05, 0.1) is 11.5 Å². The maximum absolute atomic E-state index is 12.6. The zero-order valence-corrected chi connectivity index (χ0v) is 13.1. The van der Waals surface area contributed by atoms with Gasteiger partial charge >= 0.3 is 17.8 Å². The van der Waals surface area contributed by atoms with Gasteiger partial charge in [0, 0.05) is 6.07 Å². The topological polar surface area (TPSA) is 99.0 Å². The average molecular weight is 364 g/mol. The molecule has 0 N–H and O–H groups in total. The Morgan fingerprint density at radius 2 is 1.92 bits per heavy atom. The molecule has 25 heavy (non-hydrogen) atoms. The van der Waals surface area contributed by atoms with Crippen LogP contribution in [0.15, 0.2) is 24.3 Å². The molecule has 11 heteroatoms. The van der Waals surface area contributed by atoms with Crippen LogP contribution in [0.1, 0.15) is 6.92 Å². The van der Waals surface area contributed by atoms with E-state index in [9.17, 15) is 32.9 Å². The van der Waals surface area contributed by atoms with Gasteiger partial charge in [0.15, 0.2) is 12.4 Å². The molecule has 1 rings (SSSR count). The summed E-state index contributed by atoms with van der Waals surface area (Å²) in [6.07, 6.45) is -4.74. The SMILES string of the molecule is CCOC(=O)CN(CC(F)(F)F)C(=O)COc1ccccc1[N+](=O)[O-]. The third-order valence-electron chi connectivity index (χ3n) is 2.76. The van der Waals surface area contributed by atoms with Gasteiger partial charge in [0.25, 0.3) is 5.91 Å². The van der Waals surface area contributed by atoms with E-state index in [2.05, 4.69) is 4.74 Å². The van der Waals surface area contributed by atoms with Crippen LogP contribution in [0.3, 0.4) is 0 Å². The summed E-state index contributed by atoms with van der Waals surface area (Å²) >= 11 is 0. The van der Waals surface area contributed by atoms with E-state index >= 15 is 0 Å². The molecule has 1 aromatic carbocycles. The second-order valence-electron chi connectivity index (χ2n) is 4.68. The Bertz CT molecular complexity index is 635. The van der Waals surface area contributed by atoms with Crippen molar-refractivity contribution in [2.45, 2.75) is 13.1 Å². The summed E-state index contributed by atoms with van der Waals surface area (Å²) in [6, 6.07) is 5.08. The number of para-hydroxylation sites is 2. The summed E-state index contributed by atoms with van der Waals surface area (Å²) in [5.74, 6) is -2.45. The quantitative estimate of drug-likeness (QED) is 0.397. The number of nitrogens with zero attached hydrogens (tertiary/aromatic N) is 2. The molecule has 1 amide bonds. The molecule has 0 aromatic heterocycles. The van der Waals surface area contributed by atoms with Crippen molar-refractivity contribution in [3.63, 3.8) is 0 Å². The minimum absolute atomic E-state index is 0.0560. The number of alkyl halides is 3. The molecule has 0 saturated heterocycles. The van der Waals surface area contributed by atoms with Crippen molar-refractivity contribution in [1.82, 2.24) is 4.90 Å². The van der Waals surface area contributed by atoms with Crippen molar-refractivity contribution in [3.05, 3.63) is 34.4 Å². The number of carbonyl (C=O) groups excluding carboxylic acids is 2. The largest absolute Gasteiger partial charge is 0.477 e. The Balaban J connectivity index is 2.81. The molecule has 0 radical (unpaired) electrons. The first kappa shape index (κ1) is 20.2. The van der Waals surface area contributed by atoms with Gasteiger partial charge in [-0.25, -0.2) is 0 Å². The van der Waals surface area contributed by atoms with Crippen LogP contribution in [-0.4, -0.2) is 54.2 Å². The molecule has 0 saturated carbocycles. The van der Waals surface area contributed by atoms with Crippen LogP contribution in [-0.2, 0) is 14.3 Å². The Kier molecular flexibility index (Phi) is 7.15. The number of rotatable bonds is 8. The van der Waals surface area contributed by atoms with E-state index in [1.165, 1.54) is 25.1 Å².